The Bertz CT molecular complexity index is 242. The topological polar surface area (TPSA) is 38.9 Å². The molecule has 4 heteroatoms. The molecule has 1 aromatic heterocycles. The van der Waals surface area contributed by atoms with Crippen molar-refractivity contribution in [2.45, 2.75) is 6.04 Å². The third-order valence-electron chi connectivity index (χ3n) is 1.35. The third kappa shape index (κ3) is 2.24. The molecular weight excluding hydrogens is 211 g/mol. The molecular formula is C7H8BrFN2. The maximum Gasteiger partial charge on any atom is 0.109 e. The van der Waals surface area contributed by atoms with Gasteiger partial charge in [-0.25, -0.2) is 9.37 Å². The normalized spacial score (nSPS) is 13.0. The van der Waals surface area contributed by atoms with E-state index in [0.717, 1.165) is 5.56 Å². The molecule has 0 aliphatic rings. The van der Waals surface area contributed by atoms with Crippen LogP contribution in [0.2, 0.25) is 0 Å². The molecule has 0 saturated carbocycles. The molecule has 0 amide bonds. The molecule has 1 atom stereocenters. The molecule has 1 heterocycles. The van der Waals surface area contributed by atoms with Gasteiger partial charge in [0.1, 0.15) is 11.3 Å². The molecule has 60 valence electrons. The highest BCUT2D eigenvalue weighted by Crippen LogP contribution is 2.14. The Balaban J connectivity index is 2.86. The maximum atomic E-state index is 12.0. The van der Waals surface area contributed by atoms with Crippen LogP contribution in [0.3, 0.4) is 0 Å². The Morgan fingerprint density at radius 3 is 3.00 bits per heavy atom. The van der Waals surface area contributed by atoms with E-state index in [1.165, 1.54) is 0 Å². The van der Waals surface area contributed by atoms with E-state index in [9.17, 15) is 4.39 Å². The lowest BCUT2D eigenvalue weighted by Gasteiger charge is -2.05. The highest BCUT2D eigenvalue weighted by Gasteiger charge is 2.04. The van der Waals surface area contributed by atoms with Crippen molar-refractivity contribution >= 4 is 15.9 Å². The molecule has 2 N–H and O–H groups in total. The van der Waals surface area contributed by atoms with Gasteiger partial charge in [-0.15, -0.1) is 0 Å². The summed E-state index contributed by atoms with van der Waals surface area (Å²) in [6.45, 7) is -0.545. The van der Waals surface area contributed by atoms with Gasteiger partial charge < -0.3 is 5.73 Å². The Kier molecular flexibility index (Phi) is 2.96. The van der Waals surface area contributed by atoms with Gasteiger partial charge in [-0.05, 0) is 33.6 Å². The molecule has 0 radical (unpaired) electrons. The summed E-state index contributed by atoms with van der Waals surface area (Å²) in [6, 6.07) is 2.88. The maximum absolute atomic E-state index is 12.0. The van der Waals surface area contributed by atoms with Gasteiger partial charge in [0, 0.05) is 6.20 Å². The fourth-order valence-electron chi connectivity index (χ4n) is 0.737. The number of nitrogens with zero attached hydrogens (tertiary/aromatic N) is 1. The zero-order chi connectivity index (χ0) is 8.27. The third-order valence-corrected chi connectivity index (χ3v) is 1.78. The quantitative estimate of drug-likeness (QED) is 0.770. The highest BCUT2D eigenvalue weighted by molar-refractivity contribution is 9.10. The second-order valence-electron chi connectivity index (χ2n) is 2.17. The number of alkyl halides is 1. The van der Waals surface area contributed by atoms with Gasteiger partial charge >= 0.3 is 0 Å². The zero-order valence-electron chi connectivity index (χ0n) is 5.80. The predicted molar refractivity (Wildman–Crippen MR) is 44.8 cm³/mol. The average molecular weight is 219 g/mol. The summed E-state index contributed by atoms with van der Waals surface area (Å²) in [5.41, 5.74) is 6.20. The molecule has 1 rings (SSSR count). The summed E-state index contributed by atoms with van der Waals surface area (Å²) < 4.78 is 12.7. The monoisotopic (exact) mass is 218 g/mol. The second kappa shape index (κ2) is 3.78. The van der Waals surface area contributed by atoms with Crippen LogP contribution in [0, 0.1) is 0 Å². The molecule has 0 bridgehead atoms. The standard InChI is InChI=1S/C7H8BrFN2/c8-7-3-5(1-2-11-7)6(10)4-9/h1-3,6H,4,10H2/t6-/m0/s1. The molecule has 0 aliphatic carbocycles. The average Bonchev–Trinajstić information content (AvgIpc) is 2.03. The minimum absolute atomic E-state index is 0.533. The van der Waals surface area contributed by atoms with Gasteiger partial charge in [-0.3, -0.25) is 0 Å². The number of aromatic nitrogens is 1. The number of pyridine rings is 1. The van der Waals surface area contributed by atoms with Gasteiger partial charge in [-0.1, -0.05) is 0 Å². The number of hydrogen-bond acceptors (Lipinski definition) is 2. The predicted octanol–water partition coefficient (Wildman–Crippen LogP) is 1.81. The van der Waals surface area contributed by atoms with Crippen molar-refractivity contribution in [2.24, 2.45) is 5.73 Å². The van der Waals surface area contributed by atoms with E-state index >= 15 is 0 Å². The van der Waals surface area contributed by atoms with E-state index < -0.39 is 12.7 Å². The first kappa shape index (κ1) is 8.62. The first-order valence-electron chi connectivity index (χ1n) is 3.17. The van der Waals surface area contributed by atoms with E-state index in [1.807, 2.05) is 0 Å². The Hall–Kier alpha value is -0.480. The number of rotatable bonds is 2. The molecule has 0 spiro atoms. The lowest BCUT2D eigenvalue weighted by Crippen LogP contribution is -2.11. The van der Waals surface area contributed by atoms with Crippen molar-refractivity contribution in [3.8, 4) is 0 Å². The van der Waals surface area contributed by atoms with Crippen LogP contribution in [0.1, 0.15) is 11.6 Å². The van der Waals surface area contributed by atoms with E-state index in [-0.39, 0.29) is 0 Å². The van der Waals surface area contributed by atoms with E-state index in [1.54, 1.807) is 18.3 Å². The molecule has 2 nitrogen and oxygen atoms in total. The van der Waals surface area contributed by atoms with Crippen LogP contribution in [0.4, 0.5) is 4.39 Å². The Labute approximate surface area is 72.8 Å². The van der Waals surface area contributed by atoms with Crippen molar-refractivity contribution in [1.29, 1.82) is 0 Å². The van der Waals surface area contributed by atoms with Crippen LogP contribution < -0.4 is 5.73 Å². The van der Waals surface area contributed by atoms with Crippen LogP contribution in [-0.2, 0) is 0 Å². The SMILES string of the molecule is N[C@@H](CF)c1ccnc(Br)c1. The summed E-state index contributed by atoms with van der Waals surface area (Å²) in [7, 11) is 0. The fraction of sp³-hybridized carbons (Fsp3) is 0.286. The summed E-state index contributed by atoms with van der Waals surface area (Å²) in [5.74, 6) is 0. The molecule has 0 unspecified atom stereocenters. The number of nitrogens with two attached hydrogens (primary N) is 1. The van der Waals surface area contributed by atoms with Crippen molar-refractivity contribution in [2.75, 3.05) is 6.67 Å². The summed E-state index contributed by atoms with van der Waals surface area (Å²) in [5, 5.41) is 0. The Morgan fingerprint density at radius 2 is 2.45 bits per heavy atom. The van der Waals surface area contributed by atoms with Gasteiger partial charge in [0.25, 0.3) is 0 Å². The van der Waals surface area contributed by atoms with E-state index in [0.29, 0.717) is 4.60 Å². The van der Waals surface area contributed by atoms with Gasteiger partial charge in [0.05, 0.1) is 6.04 Å². The van der Waals surface area contributed by atoms with Gasteiger partial charge in [0.2, 0.25) is 0 Å². The minimum atomic E-state index is -0.545. The molecule has 0 aromatic carbocycles. The lowest BCUT2D eigenvalue weighted by molar-refractivity contribution is 0.437. The van der Waals surface area contributed by atoms with Crippen LogP contribution in [0.15, 0.2) is 22.9 Å². The van der Waals surface area contributed by atoms with Gasteiger partial charge in [-0.2, -0.15) is 0 Å². The molecule has 1 aromatic rings. The summed E-state index contributed by atoms with van der Waals surface area (Å²) in [4.78, 5) is 3.90. The van der Waals surface area contributed by atoms with Crippen molar-refractivity contribution < 1.29 is 4.39 Å². The zero-order valence-corrected chi connectivity index (χ0v) is 7.38. The van der Waals surface area contributed by atoms with Crippen molar-refractivity contribution in [3.63, 3.8) is 0 Å². The Morgan fingerprint density at radius 1 is 1.73 bits per heavy atom. The summed E-state index contributed by atoms with van der Waals surface area (Å²) >= 11 is 3.17. The lowest BCUT2D eigenvalue weighted by atomic mass is 10.1. The second-order valence-corrected chi connectivity index (χ2v) is 2.99. The highest BCUT2D eigenvalue weighted by atomic mass is 79.9. The minimum Gasteiger partial charge on any atom is -0.322 e. The first-order valence-corrected chi connectivity index (χ1v) is 3.96. The largest absolute Gasteiger partial charge is 0.322 e. The smallest absolute Gasteiger partial charge is 0.109 e. The molecule has 0 aliphatic heterocycles. The van der Waals surface area contributed by atoms with Crippen molar-refractivity contribution in [1.82, 2.24) is 4.98 Å². The first-order chi connectivity index (χ1) is 5.24. The van der Waals surface area contributed by atoms with Crippen LogP contribution >= 0.6 is 15.9 Å². The van der Waals surface area contributed by atoms with Gasteiger partial charge in [0.15, 0.2) is 0 Å². The molecule has 0 fully saturated rings. The van der Waals surface area contributed by atoms with Crippen LogP contribution in [0.25, 0.3) is 0 Å². The summed E-state index contributed by atoms with van der Waals surface area (Å²) in [6.07, 6.45) is 1.59. The van der Waals surface area contributed by atoms with E-state index in [4.69, 9.17) is 5.73 Å². The van der Waals surface area contributed by atoms with Crippen molar-refractivity contribution in [3.05, 3.63) is 28.5 Å². The van der Waals surface area contributed by atoms with Crippen LogP contribution in [-0.4, -0.2) is 11.7 Å². The molecule has 0 saturated heterocycles. The molecule has 11 heavy (non-hydrogen) atoms. The number of hydrogen-bond donors (Lipinski definition) is 1. The van der Waals surface area contributed by atoms with Crippen LogP contribution in [0.5, 0.6) is 0 Å². The fourth-order valence-corrected chi connectivity index (χ4v) is 1.12. The van der Waals surface area contributed by atoms with E-state index in [2.05, 4.69) is 20.9 Å². The number of halogens is 2.